The quantitative estimate of drug-likeness (QED) is 0.688. The highest BCUT2D eigenvalue weighted by atomic mass is 16.7. The van der Waals surface area contributed by atoms with Gasteiger partial charge >= 0.3 is 0 Å². The van der Waals surface area contributed by atoms with Gasteiger partial charge in [-0.1, -0.05) is 60.7 Å². The first-order chi connectivity index (χ1) is 12.7. The Balaban J connectivity index is 1.64. The average molecular weight is 360 g/mol. The fraction of sp³-hybridized carbons (Fsp3) is 0.400. The molecule has 2 aromatic carbocycles. The Hall–Kier alpha value is -1.80. The van der Waals surface area contributed by atoms with Crippen LogP contribution in [0.4, 0.5) is 0 Å². The summed E-state index contributed by atoms with van der Waals surface area (Å²) in [5, 5.41) is 30.3. The minimum atomic E-state index is -1.34. The van der Waals surface area contributed by atoms with Crippen LogP contribution in [0, 0.1) is 0 Å². The second kappa shape index (κ2) is 9.23. The van der Waals surface area contributed by atoms with E-state index in [-0.39, 0.29) is 19.8 Å². The Morgan fingerprint density at radius 3 is 1.77 bits per heavy atom. The first-order valence-electron chi connectivity index (χ1n) is 8.62. The summed E-state index contributed by atoms with van der Waals surface area (Å²) in [4.78, 5) is 0. The van der Waals surface area contributed by atoms with Gasteiger partial charge in [0.05, 0.1) is 19.8 Å². The molecule has 0 saturated carbocycles. The number of hydrogen-bond donors (Lipinski definition) is 3. The van der Waals surface area contributed by atoms with Crippen molar-refractivity contribution in [2.75, 3.05) is 6.61 Å². The second-order valence-corrected chi connectivity index (χ2v) is 6.26. The Kier molecular flexibility index (Phi) is 6.73. The van der Waals surface area contributed by atoms with Crippen molar-refractivity contribution in [3.8, 4) is 0 Å². The van der Waals surface area contributed by atoms with E-state index in [4.69, 9.17) is 14.2 Å². The molecule has 0 aliphatic carbocycles. The lowest BCUT2D eigenvalue weighted by molar-refractivity contribution is -0.306. The average Bonchev–Trinajstić information content (AvgIpc) is 2.68. The van der Waals surface area contributed by atoms with Gasteiger partial charge in [-0.05, 0) is 11.1 Å². The number of hydrogen-bond acceptors (Lipinski definition) is 6. The zero-order valence-electron chi connectivity index (χ0n) is 14.3. The molecule has 1 saturated heterocycles. The summed E-state index contributed by atoms with van der Waals surface area (Å²) < 4.78 is 16.9. The summed E-state index contributed by atoms with van der Waals surface area (Å²) in [6.07, 6.45) is -5.10. The van der Waals surface area contributed by atoms with E-state index < -0.39 is 30.7 Å². The standard InChI is InChI=1S/C20H24O6/c21-11-16-18(24-12-14-7-3-1-4-8-14)17(22)19(20(23)26-16)25-13-15-9-5-2-6-10-15/h1-10,16-23H,11-13H2/t16?,17-,18-,19?,20+/m0/s1. The molecule has 6 nitrogen and oxygen atoms in total. The van der Waals surface area contributed by atoms with Gasteiger partial charge in [-0.2, -0.15) is 0 Å². The van der Waals surface area contributed by atoms with Gasteiger partial charge in [0.15, 0.2) is 6.29 Å². The maximum Gasteiger partial charge on any atom is 0.184 e. The van der Waals surface area contributed by atoms with Crippen LogP contribution in [0.15, 0.2) is 60.7 Å². The summed E-state index contributed by atoms with van der Waals surface area (Å²) >= 11 is 0. The van der Waals surface area contributed by atoms with Crippen LogP contribution in [0.2, 0.25) is 0 Å². The maximum absolute atomic E-state index is 10.7. The van der Waals surface area contributed by atoms with Crippen LogP contribution in [0.25, 0.3) is 0 Å². The van der Waals surface area contributed by atoms with E-state index in [9.17, 15) is 15.3 Å². The van der Waals surface area contributed by atoms with Crippen molar-refractivity contribution in [3.05, 3.63) is 71.8 Å². The summed E-state index contributed by atoms with van der Waals surface area (Å²) in [7, 11) is 0. The summed E-state index contributed by atoms with van der Waals surface area (Å²) in [6, 6.07) is 19.0. The second-order valence-electron chi connectivity index (χ2n) is 6.26. The van der Waals surface area contributed by atoms with Crippen LogP contribution in [-0.4, -0.2) is 52.6 Å². The lowest BCUT2D eigenvalue weighted by Gasteiger charge is -2.41. The number of ether oxygens (including phenoxy) is 3. The van der Waals surface area contributed by atoms with E-state index in [1.54, 1.807) is 0 Å². The van der Waals surface area contributed by atoms with Crippen LogP contribution in [0.3, 0.4) is 0 Å². The maximum atomic E-state index is 10.7. The number of rotatable bonds is 7. The van der Waals surface area contributed by atoms with Gasteiger partial charge < -0.3 is 29.5 Å². The van der Waals surface area contributed by atoms with Crippen LogP contribution >= 0.6 is 0 Å². The molecule has 0 amide bonds. The van der Waals surface area contributed by atoms with Gasteiger partial charge in [0, 0.05) is 0 Å². The molecule has 1 aliphatic rings. The molecule has 2 unspecified atom stereocenters. The van der Waals surface area contributed by atoms with E-state index in [2.05, 4.69) is 0 Å². The van der Waals surface area contributed by atoms with Crippen LogP contribution in [0.5, 0.6) is 0 Å². The molecule has 26 heavy (non-hydrogen) atoms. The van der Waals surface area contributed by atoms with Crippen LogP contribution in [-0.2, 0) is 27.4 Å². The zero-order chi connectivity index (χ0) is 18.4. The third-order valence-electron chi connectivity index (χ3n) is 4.39. The highest BCUT2D eigenvalue weighted by Gasteiger charge is 2.45. The van der Waals surface area contributed by atoms with E-state index in [0.29, 0.717) is 0 Å². The molecule has 0 spiro atoms. The van der Waals surface area contributed by atoms with Crippen molar-refractivity contribution in [2.24, 2.45) is 0 Å². The van der Waals surface area contributed by atoms with Gasteiger partial charge in [-0.25, -0.2) is 0 Å². The Morgan fingerprint density at radius 1 is 0.769 bits per heavy atom. The van der Waals surface area contributed by atoms with Crippen molar-refractivity contribution >= 4 is 0 Å². The van der Waals surface area contributed by atoms with Crippen molar-refractivity contribution in [3.63, 3.8) is 0 Å². The minimum absolute atomic E-state index is 0.220. The van der Waals surface area contributed by atoms with E-state index in [1.165, 1.54) is 0 Å². The van der Waals surface area contributed by atoms with E-state index in [0.717, 1.165) is 11.1 Å². The number of aliphatic hydroxyl groups is 3. The molecule has 140 valence electrons. The summed E-state index contributed by atoms with van der Waals surface area (Å²) in [5.74, 6) is 0. The SMILES string of the molecule is OCC1O[C@@H](O)C(OCc2ccccc2)[C@@H](O)[C@H]1OCc1ccccc1. The molecule has 1 fully saturated rings. The third-order valence-corrected chi connectivity index (χ3v) is 4.39. The van der Waals surface area contributed by atoms with E-state index >= 15 is 0 Å². The van der Waals surface area contributed by atoms with Gasteiger partial charge in [0.2, 0.25) is 0 Å². The minimum Gasteiger partial charge on any atom is -0.394 e. The van der Waals surface area contributed by atoms with Crippen molar-refractivity contribution in [1.29, 1.82) is 0 Å². The molecule has 1 heterocycles. The molecular formula is C20H24O6. The molecule has 5 atom stereocenters. The van der Waals surface area contributed by atoms with E-state index in [1.807, 2.05) is 60.7 Å². The van der Waals surface area contributed by atoms with Crippen LogP contribution in [0.1, 0.15) is 11.1 Å². The first kappa shape index (κ1) is 19.0. The summed E-state index contributed by atoms with van der Waals surface area (Å²) in [5.41, 5.74) is 1.85. The number of aliphatic hydroxyl groups excluding tert-OH is 3. The third kappa shape index (κ3) is 4.67. The smallest absolute Gasteiger partial charge is 0.184 e. The molecule has 3 N–H and O–H groups in total. The lowest BCUT2D eigenvalue weighted by atomic mass is 9.98. The molecule has 0 aromatic heterocycles. The first-order valence-corrected chi connectivity index (χ1v) is 8.62. The Bertz CT molecular complexity index is 650. The fourth-order valence-corrected chi connectivity index (χ4v) is 2.98. The largest absolute Gasteiger partial charge is 0.394 e. The predicted molar refractivity (Wildman–Crippen MR) is 94.0 cm³/mol. The monoisotopic (exact) mass is 360 g/mol. The van der Waals surface area contributed by atoms with Crippen LogP contribution < -0.4 is 0 Å². The zero-order valence-corrected chi connectivity index (χ0v) is 14.3. The van der Waals surface area contributed by atoms with Gasteiger partial charge in [-0.15, -0.1) is 0 Å². The topological polar surface area (TPSA) is 88.4 Å². The van der Waals surface area contributed by atoms with Gasteiger partial charge in [0.1, 0.15) is 24.4 Å². The molecule has 3 rings (SSSR count). The molecule has 0 bridgehead atoms. The predicted octanol–water partition coefficient (Wildman–Crippen LogP) is 1.23. The Labute approximate surface area is 152 Å². The Morgan fingerprint density at radius 2 is 1.27 bits per heavy atom. The van der Waals surface area contributed by atoms with Crippen molar-refractivity contribution in [1.82, 2.24) is 0 Å². The molecular weight excluding hydrogens is 336 g/mol. The van der Waals surface area contributed by atoms with Gasteiger partial charge in [-0.3, -0.25) is 0 Å². The summed E-state index contributed by atoms with van der Waals surface area (Å²) in [6.45, 7) is 0.0983. The fourth-order valence-electron chi connectivity index (χ4n) is 2.98. The lowest BCUT2D eigenvalue weighted by Crippen LogP contribution is -2.60. The van der Waals surface area contributed by atoms with Gasteiger partial charge in [0.25, 0.3) is 0 Å². The molecule has 6 heteroatoms. The molecule has 2 aromatic rings. The number of benzene rings is 2. The normalized spacial score (nSPS) is 28.8. The molecule has 1 aliphatic heterocycles. The highest BCUT2D eigenvalue weighted by Crippen LogP contribution is 2.26. The molecule has 0 radical (unpaired) electrons. The highest BCUT2D eigenvalue weighted by molar-refractivity contribution is 5.14. The van der Waals surface area contributed by atoms with Crippen molar-refractivity contribution < 1.29 is 29.5 Å². The van der Waals surface area contributed by atoms with Crippen molar-refractivity contribution in [2.45, 2.75) is 43.9 Å².